The molecular formula is C24H37N5O. The first-order valence-electron chi connectivity index (χ1n) is 11.8. The number of aromatic nitrogens is 2. The first kappa shape index (κ1) is 21.3. The Hall–Kier alpha value is -1.92. The van der Waals surface area contributed by atoms with Crippen LogP contribution in [-0.4, -0.2) is 51.7 Å². The lowest BCUT2D eigenvalue weighted by atomic mass is 9.62. The number of primary amides is 1. The summed E-state index contributed by atoms with van der Waals surface area (Å²) in [6.07, 6.45) is 22.1. The number of allylic oxidation sites excluding steroid dienone is 1. The van der Waals surface area contributed by atoms with Crippen LogP contribution in [0.1, 0.15) is 80.8 Å². The van der Waals surface area contributed by atoms with Gasteiger partial charge >= 0.3 is 0 Å². The van der Waals surface area contributed by atoms with Crippen molar-refractivity contribution in [3.05, 3.63) is 35.7 Å². The van der Waals surface area contributed by atoms with Crippen LogP contribution in [-0.2, 0) is 0 Å². The Balaban J connectivity index is 0.000000196. The first-order chi connectivity index (χ1) is 14.6. The second kappa shape index (κ2) is 9.48. The second-order valence-electron chi connectivity index (χ2n) is 9.30. The van der Waals surface area contributed by atoms with Crippen LogP contribution >= 0.6 is 0 Å². The van der Waals surface area contributed by atoms with Gasteiger partial charge < -0.3 is 11.1 Å². The van der Waals surface area contributed by atoms with Crippen molar-refractivity contribution >= 4 is 12.0 Å². The molecule has 3 unspecified atom stereocenters. The average molecular weight is 412 g/mol. The lowest BCUT2D eigenvalue weighted by Crippen LogP contribution is -2.63. The van der Waals surface area contributed by atoms with Gasteiger partial charge in [0.15, 0.2) is 0 Å². The van der Waals surface area contributed by atoms with E-state index >= 15 is 0 Å². The Kier molecular flexibility index (Phi) is 6.74. The van der Waals surface area contributed by atoms with Crippen LogP contribution in [0.5, 0.6) is 0 Å². The van der Waals surface area contributed by atoms with Crippen molar-refractivity contribution < 1.29 is 4.79 Å². The number of nitrogens with two attached hydrogens (primary N) is 1. The highest BCUT2D eigenvalue weighted by molar-refractivity contribution is 5.94. The standard InChI is InChI=1S/C16H24N4O.C8H13N/c1-2-3-6-14(19-13-7-4-5-8-13)10-9-12-11-18-20-15(12)16(17)21;1-3-8-4-6-9(8)5-2-7(1)8/h3,6,9-11,13-14,19H,2,4-5,7-8H2,1H3,(H2,17,21)(H,18,20);7H,1-6H2/b6-3-,10-9?;. The minimum Gasteiger partial charge on any atom is -0.364 e. The third-order valence-electron chi connectivity index (χ3n) is 7.64. The van der Waals surface area contributed by atoms with E-state index in [1.54, 1.807) is 6.20 Å². The molecule has 5 rings (SSSR count). The third-order valence-corrected chi connectivity index (χ3v) is 7.64. The number of aromatic amines is 1. The molecule has 4 N–H and O–H groups in total. The SMILES string of the molecule is C1CN2CCC23CCC13.CC/C=C\C(C=Cc1cn[nH]c1C(N)=O)NC1CCCC1. The normalized spacial score (nSPS) is 29.2. The van der Waals surface area contributed by atoms with Crippen molar-refractivity contribution in [2.24, 2.45) is 11.7 Å². The number of nitrogens with one attached hydrogen (secondary N) is 2. The zero-order valence-electron chi connectivity index (χ0n) is 18.3. The van der Waals surface area contributed by atoms with Gasteiger partial charge in [0.1, 0.15) is 5.69 Å². The van der Waals surface area contributed by atoms with Crippen molar-refractivity contribution in [3.63, 3.8) is 0 Å². The van der Waals surface area contributed by atoms with E-state index in [0.29, 0.717) is 11.7 Å². The van der Waals surface area contributed by atoms with Crippen LogP contribution in [0, 0.1) is 5.92 Å². The van der Waals surface area contributed by atoms with E-state index in [2.05, 4.69) is 45.6 Å². The van der Waals surface area contributed by atoms with Gasteiger partial charge in [-0.05, 0) is 57.4 Å². The molecule has 4 aliphatic rings. The first-order valence-corrected chi connectivity index (χ1v) is 11.8. The van der Waals surface area contributed by atoms with Crippen LogP contribution in [0.3, 0.4) is 0 Å². The largest absolute Gasteiger partial charge is 0.364 e. The molecule has 3 heterocycles. The summed E-state index contributed by atoms with van der Waals surface area (Å²) in [4.78, 5) is 14.0. The molecule has 1 spiro atoms. The molecule has 2 aliphatic heterocycles. The summed E-state index contributed by atoms with van der Waals surface area (Å²) in [5.41, 5.74) is 7.19. The Morgan fingerprint density at radius 3 is 2.70 bits per heavy atom. The monoisotopic (exact) mass is 411 g/mol. The molecule has 6 nitrogen and oxygen atoms in total. The van der Waals surface area contributed by atoms with Gasteiger partial charge in [-0.15, -0.1) is 0 Å². The lowest BCUT2D eigenvalue weighted by Gasteiger charge is -2.58. The zero-order valence-corrected chi connectivity index (χ0v) is 18.3. The van der Waals surface area contributed by atoms with Gasteiger partial charge in [0.2, 0.25) is 0 Å². The summed E-state index contributed by atoms with van der Waals surface area (Å²) < 4.78 is 0. The number of H-pyrrole nitrogens is 1. The fraction of sp³-hybridized carbons (Fsp3) is 0.667. The zero-order chi connectivity index (χ0) is 21.0. The number of carbonyl (C=O) groups excluding carboxylic acids is 1. The molecule has 2 saturated heterocycles. The minimum atomic E-state index is -0.489. The van der Waals surface area contributed by atoms with E-state index in [9.17, 15) is 4.79 Å². The van der Waals surface area contributed by atoms with Crippen molar-refractivity contribution in [1.82, 2.24) is 20.4 Å². The van der Waals surface area contributed by atoms with Crippen molar-refractivity contribution in [2.75, 3.05) is 13.1 Å². The van der Waals surface area contributed by atoms with Crippen molar-refractivity contribution in [2.45, 2.75) is 82.3 Å². The van der Waals surface area contributed by atoms with Crippen molar-refractivity contribution in [3.8, 4) is 0 Å². The number of nitrogens with zero attached hydrogens (tertiary/aromatic N) is 2. The maximum Gasteiger partial charge on any atom is 0.267 e. The van der Waals surface area contributed by atoms with Gasteiger partial charge in [-0.1, -0.05) is 44.1 Å². The molecule has 0 bridgehead atoms. The van der Waals surface area contributed by atoms with Gasteiger partial charge in [0.25, 0.3) is 5.91 Å². The quantitative estimate of drug-likeness (QED) is 0.598. The molecule has 1 aromatic heterocycles. The van der Waals surface area contributed by atoms with Gasteiger partial charge in [-0.25, -0.2) is 0 Å². The molecule has 1 aromatic rings. The third kappa shape index (κ3) is 4.40. The molecule has 2 saturated carbocycles. The van der Waals surface area contributed by atoms with E-state index in [1.807, 2.05) is 6.08 Å². The molecule has 2 aliphatic carbocycles. The maximum atomic E-state index is 11.3. The molecule has 3 atom stereocenters. The molecule has 0 aromatic carbocycles. The fourth-order valence-electron chi connectivity index (χ4n) is 5.69. The van der Waals surface area contributed by atoms with Crippen LogP contribution in [0.15, 0.2) is 24.4 Å². The Morgan fingerprint density at radius 2 is 2.13 bits per heavy atom. The minimum absolute atomic E-state index is 0.170. The summed E-state index contributed by atoms with van der Waals surface area (Å²) in [6.45, 7) is 4.95. The predicted molar refractivity (Wildman–Crippen MR) is 121 cm³/mol. The Morgan fingerprint density at radius 1 is 1.30 bits per heavy atom. The molecule has 6 heteroatoms. The van der Waals surface area contributed by atoms with Crippen LogP contribution in [0.4, 0.5) is 0 Å². The lowest BCUT2D eigenvalue weighted by molar-refractivity contribution is -0.0659. The van der Waals surface area contributed by atoms with Gasteiger partial charge in [-0.3, -0.25) is 14.8 Å². The summed E-state index contributed by atoms with van der Waals surface area (Å²) in [7, 11) is 0. The summed E-state index contributed by atoms with van der Waals surface area (Å²) in [5, 5.41) is 10.1. The molecule has 164 valence electrons. The highest BCUT2D eigenvalue weighted by Crippen LogP contribution is 2.57. The van der Waals surface area contributed by atoms with Gasteiger partial charge in [-0.2, -0.15) is 5.10 Å². The molecule has 0 radical (unpaired) electrons. The molecule has 4 fully saturated rings. The van der Waals surface area contributed by atoms with E-state index in [0.717, 1.165) is 23.4 Å². The highest BCUT2D eigenvalue weighted by atomic mass is 16.1. The summed E-state index contributed by atoms with van der Waals surface area (Å²) >= 11 is 0. The van der Waals surface area contributed by atoms with E-state index in [-0.39, 0.29) is 6.04 Å². The average Bonchev–Trinajstić information content (AvgIpc) is 3.40. The number of rotatable bonds is 7. The fourth-order valence-corrected chi connectivity index (χ4v) is 5.69. The van der Waals surface area contributed by atoms with Gasteiger partial charge in [0, 0.05) is 29.7 Å². The van der Waals surface area contributed by atoms with Crippen LogP contribution < -0.4 is 11.1 Å². The van der Waals surface area contributed by atoms with Gasteiger partial charge in [0.05, 0.1) is 6.20 Å². The summed E-state index contributed by atoms with van der Waals surface area (Å²) in [6, 6.07) is 0.754. The maximum absolute atomic E-state index is 11.3. The summed E-state index contributed by atoms with van der Waals surface area (Å²) in [5.74, 6) is 0.641. The Bertz CT molecular complexity index is 758. The smallest absolute Gasteiger partial charge is 0.267 e. The van der Waals surface area contributed by atoms with Crippen LogP contribution in [0.2, 0.25) is 0 Å². The predicted octanol–water partition coefficient (Wildman–Crippen LogP) is 3.63. The number of hydrogen-bond donors (Lipinski definition) is 3. The second-order valence-corrected chi connectivity index (χ2v) is 9.30. The topological polar surface area (TPSA) is 87.0 Å². The highest BCUT2D eigenvalue weighted by Gasteiger charge is 2.59. The number of hydrogen-bond acceptors (Lipinski definition) is 4. The Labute approximate surface area is 180 Å². The molecule has 1 amide bonds. The van der Waals surface area contributed by atoms with E-state index in [4.69, 9.17) is 5.73 Å². The van der Waals surface area contributed by atoms with E-state index < -0.39 is 5.91 Å². The van der Waals surface area contributed by atoms with Crippen LogP contribution in [0.25, 0.3) is 6.08 Å². The number of carbonyl (C=O) groups is 1. The number of amides is 1. The van der Waals surface area contributed by atoms with Crippen molar-refractivity contribution in [1.29, 1.82) is 0 Å². The molecular weight excluding hydrogens is 374 g/mol. The molecule has 30 heavy (non-hydrogen) atoms. The van der Waals surface area contributed by atoms with E-state index in [1.165, 1.54) is 64.5 Å².